The van der Waals surface area contributed by atoms with Gasteiger partial charge in [-0.1, -0.05) is 35.9 Å². The first kappa shape index (κ1) is 21.6. The number of halogens is 4. The summed E-state index contributed by atoms with van der Waals surface area (Å²) < 4.78 is 47.0. The molecule has 0 amide bonds. The van der Waals surface area contributed by atoms with Crippen LogP contribution in [-0.2, 0) is 13.2 Å². The Morgan fingerprint density at radius 3 is 2.62 bits per heavy atom. The smallest absolute Gasteiger partial charge is 0.426 e. The fourth-order valence-electron chi connectivity index (χ4n) is 3.30. The van der Waals surface area contributed by atoms with E-state index < -0.39 is 24.2 Å². The van der Waals surface area contributed by atoms with E-state index >= 15 is 0 Å². The van der Waals surface area contributed by atoms with Gasteiger partial charge in [-0.3, -0.25) is 0 Å². The zero-order valence-electron chi connectivity index (χ0n) is 16.4. The molecule has 3 aromatic heterocycles. The van der Waals surface area contributed by atoms with Gasteiger partial charge in [0.2, 0.25) is 0 Å². The quantitative estimate of drug-likeness (QED) is 0.357. The van der Waals surface area contributed by atoms with Crippen molar-refractivity contribution < 1.29 is 27.4 Å². The van der Waals surface area contributed by atoms with Crippen LogP contribution in [0.1, 0.15) is 5.69 Å². The van der Waals surface area contributed by atoms with Crippen molar-refractivity contribution in [1.29, 1.82) is 0 Å². The summed E-state index contributed by atoms with van der Waals surface area (Å²) >= 11 is 5.86. The van der Waals surface area contributed by atoms with Crippen LogP contribution in [0, 0.1) is 0 Å². The van der Waals surface area contributed by atoms with E-state index in [-0.39, 0.29) is 23.4 Å². The van der Waals surface area contributed by atoms with Crippen molar-refractivity contribution >= 4 is 17.2 Å². The van der Waals surface area contributed by atoms with Crippen molar-refractivity contribution in [3.05, 3.63) is 88.1 Å². The molecule has 0 saturated carbocycles. The molecule has 32 heavy (non-hydrogen) atoms. The Bertz CT molecular complexity index is 1360. The molecule has 0 atom stereocenters. The number of aromatic hydroxyl groups is 1. The van der Waals surface area contributed by atoms with Crippen molar-refractivity contribution in [2.45, 2.75) is 19.3 Å². The van der Waals surface area contributed by atoms with Crippen molar-refractivity contribution in [1.82, 2.24) is 9.55 Å². The maximum absolute atomic E-state index is 13.2. The van der Waals surface area contributed by atoms with Gasteiger partial charge in [0.05, 0.1) is 11.9 Å². The van der Waals surface area contributed by atoms with Gasteiger partial charge in [0.15, 0.2) is 12.1 Å². The second kappa shape index (κ2) is 8.51. The highest BCUT2D eigenvalue weighted by Gasteiger charge is 2.36. The van der Waals surface area contributed by atoms with Crippen LogP contribution in [0.15, 0.2) is 71.7 Å². The van der Waals surface area contributed by atoms with Crippen LogP contribution in [0.25, 0.3) is 16.8 Å². The number of aromatic nitrogens is 3. The van der Waals surface area contributed by atoms with Crippen molar-refractivity contribution in [3.8, 4) is 22.8 Å². The Morgan fingerprint density at radius 2 is 1.88 bits per heavy atom. The summed E-state index contributed by atoms with van der Waals surface area (Å²) in [5, 5.41) is 11.0. The summed E-state index contributed by atoms with van der Waals surface area (Å²) in [7, 11) is 0. The number of rotatable bonds is 5. The van der Waals surface area contributed by atoms with Crippen molar-refractivity contribution in [2.24, 2.45) is 0 Å². The van der Waals surface area contributed by atoms with Crippen LogP contribution in [0.2, 0.25) is 5.15 Å². The fraction of sp³-hybridized carbons (Fsp3) is 0.136. The van der Waals surface area contributed by atoms with Crippen LogP contribution in [0.4, 0.5) is 13.2 Å². The van der Waals surface area contributed by atoms with E-state index in [9.17, 15) is 23.1 Å². The lowest BCUT2D eigenvalue weighted by atomic mass is 10.1. The van der Waals surface area contributed by atoms with E-state index in [1.165, 1.54) is 36.5 Å². The van der Waals surface area contributed by atoms with Gasteiger partial charge in [-0.2, -0.15) is 22.1 Å². The summed E-state index contributed by atoms with van der Waals surface area (Å²) in [6.45, 7) is -1.38. The average Bonchev–Trinajstić information content (AvgIpc) is 2.75. The molecule has 0 fully saturated rings. The predicted molar refractivity (Wildman–Crippen MR) is 111 cm³/mol. The van der Waals surface area contributed by atoms with Gasteiger partial charge in [-0.25, -0.2) is 9.78 Å². The number of alkyl halides is 3. The van der Waals surface area contributed by atoms with Gasteiger partial charge in [0.1, 0.15) is 17.5 Å². The first-order valence-electron chi connectivity index (χ1n) is 9.40. The third kappa shape index (κ3) is 4.52. The van der Waals surface area contributed by atoms with E-state index in [2.05, 4.69) is 4.98 Å². The minimum absolute atomic E-state index is 0.0841. The van der Waals surface area contributed by atoms with Crippen LogP contribution in [0.5, 0.6) is 11.6 Å². The largest absolute Gasteiger partial charge is 0.487 e. The molecule has 0 aliphatic heterocycles. The topological polar surface area (TPSA) is 68.4 Å². The molecular formula is C22H16ClF3N3O3+. The molecule has 4 rings (SSSR count). The Kier molecular flexibility index (Phi) is 5.75. The van der Waals surface area contributed by atoms with Gasteiger partial charge in [-0.05, 0) is 30.3 Å². The lowest BCUT2D eigenvalue weighted by Crippen LogP contribution is -2.44. The Hall–Kier alpha value is -3.59. The Balaban J connectivity index is 1.78. The van der Waals surface area contributed by atoms with Crippen molar-refractivity contribution in [3.63, 3.8) is 0 Å². The number of ether oxygens (including phenoxy) is 1. The average molecular weight is 463 g/mol. The van der Waals surface area contributed by atoms with E-state index in [0.717, 1.165) is 4.40 Å². The van der Waals surface area contributed by atoms with E-state index in [0.29, 0.717) is 21.2 Å². The van der Waals surface area contributed by atoms with Gasteiger partial charge < -0.3 is 9.84 Å². The Labute approximate surface area is 184 Å². The van der Waals surface area contributed by atoms with E-state index in [1.54, 1.807) is 30.3 Å². The van der Waals surface area contributed by atoms with E-state index in [1.807, 2.05) is 0 Å². The molecule has 10 heteroatoms. The SMILES string of the molecule is O=c1c(-c2cccc(OCc3cccc(Cl)n3)c2)c(O)n(CC(F)(F)F)c2cccc[n+]12. The fourth-order valence-corrected chi connectivity index (χ4v) is 3.48. The maximum atomic E-state index is 13.2. The molecule has 0 aliphatic carbocycles. The number of pyridine rings is 2. The lowest BCUT2D eigenvalue weighted by molar-refractivity contribution is -0.532. The third-order valence-corrected chi connectivity index (χ3v) is 4.86. The molecule has 0 saturated heterocycles. The molecule has 0 radical (unpaired) electrons. The second-order valence-corrected chi connectivity index (χ2v) is 7.29. The third-order valence-electron chi connectivity index (χ3n) is 4.65. The first-order chi connectivity index (χ1) is 15.2. The molecule has 4 aromatic rings. The molecule has 3 heterocycles. The van der Waals surface area contributed by atoms with Crippen LogP contribution < -0.4 is 14.7 Å². The summed E-state index contributed by atoms with van der Waals surface area (Å²) in [5.41, 5.74) is -0.247. The Morgan fingerprint density at radius 1 is 1.09 bits per heavy atom. The molecular weight excluding hydrogens is 447 g/mol. The minimum Gasteiger partial charge on any atom is -0.487 e. The lowest BCUT2D eigenvalue weighted by Gasteiger charge is -2.12. The first-order valence-corrected chi connectivity index (χ1v) is 9.78. The molecule has 0 spiro atoms. The van der Waals surface area contributed by atoms with Gasteiger partial charge >= 0.3 is 11.7 Å². The number of nitrogens with zero attached hydrogens (tertiary/aromatic N) is 3. The van der Waals surface area contributed by atoms with Gasteiger partial charge in [-0.15, -0.1) is 0 Å². The molecule has 0 aliphatic rings. The van der Waals surface area contributed by atoms with Crippen molar-refractivity contribution in [2.75, 3.05) is 0 Å². The molecule has 6 nitrogen and oxygen atoms in total. The normalized spacial score (nSPS) is 11.6. The highest BCUT2D eigenvalue weighted by molar-refractivity contribution is 6.29. The second-order valence-electron chi connectivity index (χ2n) is 6.90. The maximum Gasteiger partial charge on any atom is 0.426 e. The zero-order chi connectivity index (χ0) is 22.9. The van der Waals surface area contributed by atoms with Crippen LogP contribution in [0.3, 0.4) is 0 Å². The van der Waals surface area contributed by atoms with E-state index in [4.69, 9.17) is 16.3 Å². The monoisotopic (exact) mass is 462 g/mol. The standard InChI is InChI=1S/C22H15ClF3N3O3/c23-17-8-4-6-15(27-17)12-32-16-7-3-5-14(11-16)19-20(30)28-10-2-1-9-18(28)29(21(19)31)13-22(24,25)26/h1-11H,12-13H2/p+1. The van der Waals surface area contributed by atoms with Gasteiger partial charge in [0, 0.05) is 11.6 Å². The number of benzene rings is 1. The molecule has 0 bridgehead atoms. The van der Waals surface area contributed by atoms with Crippen LogP contribution >= 0.6 is 11.6 Å². The molecule has 0 unspecified atom stereocenters. The highest BCUT2D eigenvalue weighted by Crippen LogP contribution is 2.31. The summed E-state index contributed by atoms with van der Waals surface area (Å²) in [6, 6.07) is 15.6. The number of fused-ring (bicyclic) bond motifs is 1. The summed E-state index contributed by atoms with van der Waals surface area (Å²) in [6.07, 6.45) is -3.26. The van der Waals surface area contributed by atoms with Crippen LogP contribution in [-0.4, -0.2) is 20.8 Å². The zero-order valence-corrected chi connectivity index (χ0v) is 17.1. The minimum atomic E-state index is -4.61. The highest BCUT2D eigenvalue weighted by atomic mass is 35.5. The van der Waals surface area contributed by atoms with Gasteiger partial charge in [0.25, 0.3) is 11.5 Å². The predicted octanol–water partition coefficient (Wildman–Crippen LogP) is 4.15. The number of hydrogen-bond donors (Lipinski definition) is 1. The molecule has 164 valence electrons. The molecule has 1 N–H and O–H groups in total. The number of hydrogen-bond acceptors (Lipinski definition) is 4. The molecule has 1 aromatic carbocycles. The summed E-state index contributed by atoms with van der Waals surface area (Å²) in [5.74, 6) is -0.448. The summed E-state index contributed by atoms with van der Waals surface area (Å²) in [4.78, 5) is 17.2.